The summed E-state index contributed by atoms with van der Waals surface area (Å²) in [7, 11) is 0. The van der Waals surface area contributed by atoms with Gasteiger partial charge < -0.3 is 0 Å². The summed E-state index contributed by atoms with van der Waals surface area (Å²) in [5, 5.41) is 1.79. The van der Waals surface area contributed by atoms with Gasteiger partial charge in [0.1, 0.15) is 0 Å². The largest absolute Gasteiger partial charge is 0.293 e. The molecule has 54 valence electrons. The van der Waals surface area contributed by atoms with Crippen LogP contribution in [-0.4, -0.2) is 11.7 Å². The van der Waals surface area contributed by atoms with E-state index in [0.717, 1.165) is 3.79 Å². The Bertz CT molecular complexity index is 246. The molecule has 0 saturated heterocycles. The van der Waals surface area contributed by atoms with E-state index in [2.05, 4.69) is 15.9 Å². The lowest BCUT2D eigenvalue weighted by Gasteiger charge is -1.85. The Balaban J connectivity index is 2.85. The van der Waals surface area contributed by atoms with Gasteiger partial charge in [-0.2, -0.15) is 0 Å². The van der Waals surface area contributed by atoms with Crippen LogP contribution in [0.3, 0.4) is 0 Å². The molecule has 1 nitrogen and oxygen atoms in total. The Hall–Kier alpha value is 0.140. The summed E-state index contributed by atoms with van der Waals surface area (Å²) >= 11 is 10.1. The number of halogens is 2. The second-order valence-electron chi connectivity index (χ2n) is 1.70. The second-order valence-corrected chi connectivity index (χ2v) is 4.25. The average Bonchev–Trinajstić information content (AvgIpc) is 2.34. The lowest BCUT2D eigenvalue weighted by molar-refractivity contribution is 0.102. The lowest BCUT2D eigenvalue weighted by atomic mass is 10.2. The van der Waals surface area contributed by atoms with Gasteiger partial charge >= 0.3 is 0 Å². The number of rotatable bonds is 2. The summed E-state index contributed by atoms with van der Waals surface area (Å²) in [6, 6.07) is 1.77. The number of hydrogen-bond donors (Lipinski definition) is 0. The molecule has 0 aliphatic heterocycles. The number of ketones is 1. The molecule has 0 radical (unpaired) electrons. The number of hydrogen-bond acceptors (Lipinski definition) is 2. The van der Waals surface area contributed by atoms with E-state index in [9.17, 15) is 4.79 Å². The third-order valence-corrected chi connectivity index (χ3v) is 2.76. The van der Waals surface area contributed by atoms with E-state index in [4.69, 9.17) is 11.6 Å². The Morgan fingerprint density at radius 2 is 2.50 bits per heavy atom. The number of carbonyl (C=O) groups is 1. The summed E-state index contributed by atoms with van der Waals surface area (Å²) in [6.45, 7) is 0. The van der Waals surface area contributed by atoms with Gasteiger partial charge in [-0.1, -0.05) is 0 Å². The number of Topliss-reactive ketones (excluding diaryl/α,β-unsaturated/α-hetero) is 1. The average molecular weight is 240 g/mol. The van der Waals surface area contributed by atoms with Gasteiger partial charge in [0, 0.05) is 10.9 Å². The van der Waals surface area contributed by atoms with Crippen LogP contribution >= 0.6 is 38.9 Å². The van der Waals surface area contributed by atoms with Gasteiger partial charge in [0.05, 0.1) is 9.67 Å². The molecule has 0 spiro atoms. The van der Waals surface area contributed by atoms with Crippen LogP contribution in [0.5, 0.6) is 0 Å². The van der Waals surface area contributed by atoms with Crippen LogP contribution in [-0.2, 0) is 0 Å². The molecule has 0 aliphatic rings. The Morgan fingerprint density at radius 1 is 1.80 bits per heavy atom. The molecule has 0 aromatic carbocycles. The maximum absolute atomic E-state index is 10.9. The molecule has 0 unspecified atom stereocenters. The van der Waals surface area contributed by atoms with Crippen LogP contribution in [0, 0.1) is 0 Å². The molecular formula is C6H4BrClOS. The summed E-state index contributed by atoms with van der Waals surface area (Å²) in [4.78, 5) is 10.9. The topological polar surface area (TPSA) is 17.1 Å². The molecule has 1 aromatic heterocycles. The van der Waals surface area contributed by atoms with Crippen molar-refractivity contribution in [2.45, 2.75) is 0 Å². The predicted molar refractivity (Wildman–Crippen MR) is 47.1 cm³/mol. The fraction of sp³-hybridized carbons (Fsp3) is 0.167. The van der Waals surface area contributed by atoms with Crippen LogP contribution in [0.4, 0.5) is 0 Å². The minimum atomic E-state index is -0.0244. The van der Waals surface area contributed by atoms with E-state index in [1.54, 1.807) is 11.4 Å². The van der Waals surface area contributed by atoms with Gasteiger partial charge in [0.15, 0.2) is 5.78 Å². The Morgan fingerprint density at radius 3 is 2.90 bits per heavy atom. The van der Waals surface area contributed by atoms with Crippen LogP contribution in [0.1, 0.15) is 10.4 Å². The van der Waals surface area contributed by atoms with Crippen molar-refractivity contribution in [2.24, 2.45) is 0 Å². The van der Waals surface area contributed by atoms with Gasteiger partial charge in [-0.3, -0.25) is 4.79 Å². The molecule has 1 rings (SSSR count). The zero-order valence-corrected chi connectivity index (χ0v) is 8.09. The monoisotopic (exact) mass is 238 g/mol. The van der Waals surface area contributed by atoms with Crippen molar-refractivity contribution < 1.29 is 4.79 Å². The van der Waals surface area contributed by atoms with Crippen molar-refractivity contribution >= 4 is 44.7 Å². The highest BCUT2D eigenvalue weighted by atomic mass is 79.9. The van der Waals surface area contributed by atoms with Crippen LogP contribution < -0.4 is 0 Å². The number of thiophene rings is 1. The summed E-state index contributed by atoms with van der Waals surface area (Å²) in [5.74, 6) is 0.0343. The molecule has 0 amide bonds. The standard InChI is InChI=1S/C6H4BrClOS/c7-6-1-4(3-10-6)5(9)2-8/h1,3H,2H2. The molecule has 0 bridgehead atoms. The molecular weight excluding hydrogens is 235 g/mol. The van der Waals surface area contributed by atoms with Crippen molar-refractivity contribution in [1.82, 2.24) is 0 Å². The summed E-state index contributed by atoms with van der Waals surface area (Å²) in [6.07, 6.45) is 0. The normalized spacial score (nSPS) is 9.80. The van der Waals surface area contributed by atoms with Gasteiger partial charge in [-0.15, -0.1) is 22.9 Å². The van der Waals surface area contributed by atoms with E-state index >= 15 is 0 Å². The zero-order valence-electron chi connectivity index (χ0n) is 4.93. The van der Waals surface area contributed by atoms with Crippen LogP contribution in [0.2, 0.25) is 0 Å². The van der Waals surface area contributed by atoms with Gasteiger partial charge in [0.25, 0.3) is 0 Å². The molecule has 0 fully saturated rings. The molecule has 0 aliphatic carbocycles. The molecule has 4 heteroatoms. The van der Waals surface area contributed by atoms with Crippen molar-refractivity contribution in [2.75, 3.05) is 5.88 Å². The highest BCUT2D eigenvalue weighted by molar-refractivity contribution is 9.11. The van der Waals surface area contributed by atoms with Gasteiger partial charge in [-0.25, -0.2) is 0 Å². The van der Waals surface area contributed by atoms with E-state index in [-0.39, 0.29) is 11.7 Å². The fourth-order valence-electron chi connectivity index (χ4n) is 0.533. The molecule has 1 heterocycles. The minimum absolute atomic E-state index is 0.0244. The Kier molecular flexibility index (Phi) is 2.89. The first-order valence-corrected chi connectivity index (χ1v) is 4.78. The Labute approximate surface area is 76.1 Å². The number of carbonyl (C=O) groups excluding carboxylic acids is 1. The van der Waals surface area contributed by atoms with Gasteiger partial charge in [-0.05, 0) is 22.0 Å². The molecule has 1 aromatic rings. The zero-order chi connectivity index (χ0) is 7.56. The maximum atomic E-state index is 10.9. The smallest absolute Gasteiger partial charge is 0.178 e. The highest BCUT2D eigenvalue weighted by Gasteiger charge is 2.04. The fourth-order valence-corrected chi connectivity index (χ4v) is 1.85. The van der Waals surface area contributed by atoms with Crippen molar-refractivity contribution in [1.29, 1.82) is 0 Å². The number of alkyl halides is 1. The quantitative estimate of drug-likeness (QED) is 0.573. The van der Waals surface area contributed by atoms with Crippen molar-refractivity contribution in [3.8, 4) is 0 Å². The first-order chi connectivity index (χ1) is 4.74. The van der Waals surface area contributed by atoms with Crippen molar-refractivity contribution in [3.63, 3.8) is 0 Å². The third-order valence-electron chi connectivity index (χ3n) is 1.01. The van der Waals surface area contributed by atoms with Crippen molar-refractivity contribution in [3.05, 3.63) is 20.8 Å². The first-order valence-electron chi connectivity index (χ1n) is 2.57. The van der Waals surface area contributed by atoms with Crippen LogP contribution in [0.25, 0.3) is 0 Å². The second kappa shape index (κ2) is 3.51. The summed E-state index contributed by atoms with van der Waals surface area (Å²) in [5.41, 5.74) is 0.687. The van der Waals surface area contributed by atoms with Gasteiger partial charge in [0.2, 0.25) is 0 Å². The van der Waals surface area contributed by atoms with E-state index in [1.165, 1.54) is 11.3 Å². The minimum Gasteiger partial charge on any atom is -0.293 e. The van der Waals surface area contributed by atoms with E-state index in [0.29, 0.717) is 5.56 Å². The summed E-state index contributed by atoms with van der Waals surface area (Å²) < 4.78 is 0.959. The predicted octanol–water partition coefficient (Wildman–Crippen LogP) is 2.93. The SMILES string of the molecule is O=C(CCl)c1csc(Br)c1. The molecule has 10 heavy (non-hydrogen) atoms. The van der Waals surface area contributed by atoms with E-state index < -0.39 is 0 Å². The van der Waals surface area contributed by atoms with E-state index in [1.807, 2.05) is 0 Å². The first kappa shape index (κ1) is 8.24. The molecule has 0 saturated carbocycles. The lowest BCUT2D eigenvalue weighted by Crippen LogP contribution is -1.96. The third kappa shape index (κ3) is 1.81. The molecule has 0 atom stereocenters. The van der Waals surface area contributed by atoms with Crippen LogP contribution in [0.15, 0.2) is 15.2 Å². The molecule has 0 N–H and O–H groups in total. The highest BCUT2D eigenvalue weighted by Crippen LogP contribution is 2.20. The maximum Gasteiger partial charge on any atom is 0.178 e.